The lowest BCUT2D eigenvalue weighted by Gasteiger charge is -2.30. The second-order valence-corrected chi connectivity index (χ2v) is 6.78. The summed E-state index contributed by atoms with van der Waals surface area (Å²) in [6, 6.07) is 15.0. The third-order valence-electron chi connectivity index (χ3n) is 4.02. The number of rotatable bonds is 4. The molecule has 120 valence electrons. The molecule has 3 rings (SSSR count). The minimum atomic E-state index is -0.378. The van der Waals surface area contributed by atoms with Crippen LogP contribution in [0.1, 0.15) is 30.1 Å². The molecular formula is C18H20N2O2S. The van der Waals surface area contributed by atoms with Crippen molar-refractivity contribution >= 4 is 17.7 Å². The summed E-state index contributed by atoms with van der Waals surface area (Å²) in [5.74, 6) is 0.102. The van der Waals surface area contributed by atoms with Gasteiger partial charge in [0, 0.05) is 25.2 Å². The number of amides is 1. The molecule has 1 amide bonds. The standard InChI is InChI=1S/C18H20N2O2S/c21-18(19-12-6-2-7-13-19)17(15-9-3-1-4-10-15)23-16-11-5-8-14-20(16)22/h1,3-5,8-11,14,17H,2,6-7,12-13H2/t17-/m0/s1. The van der Waals surface area contributed by atoms with Gasteiger partial charge in [0.05, 0.1) is 0 Å². The smallest absolute Gasteiger partial charge is 0.252 e. The Morgan fingerprint density at radius 1 is 1.04 bits per heavy atom. The van der Waals surface area contributed by atoms with Crippen LogP contribution in [0.4, 0.5) is 0 Å². The number of likely N-dealkylation sites (tertiary alicyclic amines) is 1. The Morgan fingerprint density at radius 3 is 2.43 bits per heavy atom. The van der Waals surface area contributed by atoms with Crippen LogP contribution in [0, 0.1) is 5.21 Å². The van der Waals surface area contributed by atoms with E-state index < -0.39 is 0 Å². The monoisotopic (exact) mass is 328 g/mol. The third kappa shape index (κ3) is 3.85. The van der Waals surface area contributed by atoms with Gasteiger partial charge in [0.15, 0.2) is 6.20 Å². The summed E-state index contributed by atoms with van der Waals surface area (Å²) in [5, 5.41) is 12.1. The SMILES string of the molecule is O=C([C@@H](Sc1cccc[n+]1[O-])c1ccccc1)N1CCCCC1. The lowest BCUT2D eigenvalue weighted by molar-refractivity contribution is -0.645. The molecule has 1 saturated heterocycles. The highest BCUT2D eigenvalue weighted by atomic mass is 32.2. The number of hydrogen-bond donors (Lipinski definition) is 0. The average Bonchev–Trinajstić information content (AvgIpc) is 2.62. The average molecular weight is 328 g/mol. The molecule has 2 aromatic rings. The van der Waals surface area contributed by atoms with Gasteiger partial charge in [0.2, 0.25) is 5.91 Å². The lowest BCUT2D eigenvalue weighted by atomic mass is 10.1. The minimum absolute atomic E-state index is 0.102. The number of thioether (sulfide) groups is 1. The van der Waals surface area contributed by atoms with Crippen molar-refractivity contribution in [3.8, 4) is 0 Å². The van der Waals surface area contributed by atoms with E-state index in [1.54, 1.807) is 12.1 Å². The van der Waals surface area contributed by atoms with Crippen LogP contribution in [0.25, 0.3) is 0 Å². The predicted octanol–water partition coefficient (Wildman–Crippen LogP) is 3.17. The maximum Gasteiger partial charge on any atom is 0.252 e. The van der Waals surface area contributed by atoms with Gasteiger partial charge in [-0.1, -0.05) is 30.3 Å². The zero-order valence-corrected chi connectivity index (χ0v) is 13.7. The molecule has 0 aliphatic carbocycles. The number of hydrogen-bond acceptors (Lipinski definition) is 3. The molecule has 0 saturated carbocycles. The molecule has 0 spiro atoms. The van der Waals surface area contributed by atoms with E-state index in [0.717, 1.165) is 36.2 Å². The number of benzene rings is 1. The molecule has 1 atom stereocenters. The predicted molar refractivity (Wildman–Crippen MR) is 90.9 cm³/mol. The lowest BCUT2D eigenvalue weighted by Crippen LogP contribution is -2.38. The van der Waals surface area contributed by atoms with Crippen molar-refractivity contribution < 1.29 is 9.52 Å². The van der Waals surface area contributed by atoms with E-state index in [-0.39, 0.29) is 11.2 Å². The fourth-order valence-corrected chi connectivity index (χ4v) is 3.90. The van der Waals surface area contributed by atoms with E-state index >= 15 is 0 Å². The quantitative estimate of drug-likeness (QED) is 0.492. The van der Waals surface area contributed by atoms with Crippen molar-refractivity contribution in [3.63, 3.8) is 0 Å². The van der Waals surface area contributed by atoms with E-state index in [2.05, 4.69) is 0 Å². The molecule has 1 aliphatic heterocycles. The van der Waals surface area contributed by atoms with Crippen LogP contribution < -0.4 is 4.73 Å². The molecule has 2 heterocycles. The largest absolute Gasteiger partial charge is 0.618 e. The molecular weight excluding hydrogens is 308 g/mol. The molecule has 1 aromatic carbocycles. The Balaban J connectivity index is 1.87. The van der Waals surface area contributed by atoms with Gasteiger partial charge in [0.1, 0.15) is 5.25 Å². The Morgan fingerprint density at radius 2 is 1.74 bits per heavy atom. The molecule has 23 heavy (non-hydrogen) atoms. The molecule has 4 nitrogen and oxygen atoms in total. The van der Waals surface area contributed by atoms with Gasteiger partial charge in [-0.25, -0.2) is 0 Å². The fraction of sp³-hybridized carbons (Fsp3) is 0.333. The van der Waals surface area contributed by atoms with E-state index in [9.17, 15) is 10.0 Å². The number of piperidine rings is 1. The molecule has 1 fully saturated rings. The van der Waals surface area contributed by atoms with Crippen molar-refractivity contribution in [2.75, 3.05) is 13.1 Å². The van der Waals surface area contributed by atoms with Gasteiger partial charge in [-0.15, -0.1) is 0 Å². The maximum absolute atomic E-state index is 13.0. The fourth-order valence-electron chi connectivity index (χ4n) is 2.79. The first-order valence-electron chi connectivity index (χ1n) is 7.94. The van der Waals surface area contributed by atoms with Crippen molar-refractivity contribution in [2.45, 2.75) is 29.5 Å². The number of aromatic nitrogens is 1. The summed E-state index contributed by atoms with van der Waals surface area (Å²) < 4.78 is 0.824. The van der Waals surface area contributed by atoms with Gasteiger partial charge in [0.25, 0.3) is 5.03 Å². The topological polar surface area (TPSA) is 47.2 Å². The third-order valence-corrected chi connectivity index (χ3v) is 5.29. The Bertz CT molecular complexity index is 657. The second kappa shape index (κ2) is 7.51. The first-order chi connectivity index (χ1) is 11.3. The molecule has 5 heteroatoms. The number of carbonyl (C=O) groups is 1. The van der Waals surface area contributed by atoms with Crippen LogP contribution in [-0.2, 0) is 4.79 Å². The van der Waals surface area contributed by atoms with Gasteiger partial charge in [-0.2, -0.15) is 4.73 Å². The Kier molecular flexibility index (Phi) is 5.18. The van der Waals surface area contributed by atoms with E-state index in [1.165, 1.54) is 24.4 Å². The van der Waals surface area contributed by atoms with Crippen molar-refractivity contribution in [3.05, 3.63) is 65.5 Å². The zero-order valence-electron chi connectivity index (χ0n) is 12.9. The van der Waals surface area contributed by atoms with Crippen LogP contribution >= 0.6 is 11.8 Å². The minimum Gasteiger partial charge on any atom is -0.618 e. The summed E-state index contributed by atoms with van der Waals surface area (Å²) in [4.78, 5) is 14.9. The van der Waals surface area contributed by atoms with E-state index in [0.29, 0.717) is 5.03 Å². The van der Waals surface area contributed by atoms with Crippen LogP contribution in [0.2, 0.25) is 0 Å². The van der Waals surface area contributed by atoms with Crippen molar-refractivity contribution in [1.82, 2.24) is 4.90 Å². The van der Waals surface area contributed by atoms with Gasteiger partial charge in [-0.05, 0) is 42.7 Å². The number of nitrogens with zero attached hydrogens (tertiary/aromatic N) is 2. The van der Waals surface area contributed by atoms with Gasteiger partial charge in [-0.3, -0.25) is 4.79 Å². The zero-order chi connectivity index (χ0) is 16.1. The summed E-state index contributed by atoms with van der Waals surface area (Å²) in [6.07, 6.45) is 4.78. The Hall–Kier alpha value is -2.01. The molecule has 0 unspecified atom stereocenters. The van der Waals surface area contributed by atoms with E-state index in [4.69, 9.17) is 0 Å². The molecule has 0 radical (unpaired) electrons. The highest BCUT2D eigenvalue weighted by molar-refractivity contribution is 8.00. The normalized spacial score (nSPS) is 16.1. The molecule has 0 bridgehead atoms. The first-order valence-corrected chi connectivity index (χ1v) is 8.82. The first kappa shape index (κ1) is 15.9. The maximum atomic E-state index is 13.0. The van der Waals surface area contributed by atoms with E-state index in [1.807, 2.05) is 41.3 Å². The number of pyridine rings is 1. The molecule has 1 aliphatic rings. The van der Waals surface area contributed by atoms with Crippen molar-refractivity contribution in [2.24, 2.45) is 0 Å². The summed E-state index contributed by atoms with van der Waals surface area (Å²) in [6.45, 7) is 1.63. The summed E-state index contributed by atoms with van der Waals surface area (Å²) in [5.41, 5.74) is 0.942. The number of carbonyl (C=O) groups excluding carboxylic acids is 1. The van der Waals surface area contributed by atoms with Crippen LogP contribution in [0.15, 0.2) is 59.8 Å². The van der Waals surface area contributed by atoms with Crippen LogP contribution in [0.3, 0.4) is 0 Å². The van der Waals surface area contributed by atoms with Crippen LogP contribution in [0.5, 0.6) is 0 Å². The van der Waals surface area contributed by atoms with Gasteiger partial charge >= 0.3 is 0 Å². The van der Waals surface area contributed by atoms with Crippen LogP contribution in [-0.4, -0.2) is 23.9 Å². The summed E-state index contributed by atoms with van der Waals surface area (Å²) >= 11 is 1.33. The second-order valence-electron chi connectivity index (χ2n) is 5.66. The highest BCUT2D eigenvalue weighted by Crippen LogP contribution is 2.35. The Labute approximate surface area is 140 Å². The van der Waals surface area contributed by atoms with Crippen molar-refractivity contribution in [1.29, 1.82) is 0 Å². The van der Waals surface area contributed by atoms with Gasteiger partial charge < -0.3 is 10.1 Å². The molecule has 1 aromatic heterocycles. The highest BCUT2D eigenvalue weighted by Gasteiger charge is 2.29. The summed E-state index contributed by atoms with van der Waals surface area (Å²) in [7, 11) is 0. The molecule has 0 N–H and O–H groups in total.